The molecule has 0 amide bonds. The standard InChI is InChI=1S/C16H24N.C10H12O.2ClH.Ru/c1-5-13-8-7-9-14(6-2)15(13)17-11-10-16(3,4)12-17;1-8(2)11-10-7-5-4-6-9(10)3;;;/h7-9,12H,5-6,10-11H2,1-4H3;3-8H,1-2H3;2*1H;/q-1;;;;+2/p-2. The van der Waals surface area contributed by atoms with Crippen LogP contribution in [0.4, 0.5) is 5.69 Å². The Morgan fingerprint density at radius 3 is 2.16 bits per heavy atom. The minimum absolute atomic E-state index is 0.163. The molecule has 0 saturated carbocycles. The van der Waals surface area contributed by atoms with Gasteiger partial charge < -0.3 is 4.90 Å². The fourth-order valence-electron chi connectivity index (χ4n) is 3.73. The molecule has 0 N–H and O–H groups in total. The van der Waals surface area contributed by atoms with Crippen LogP contribution < -0.4 is 9.64 Å². The van der Waals surface area contributed by atoms with Crippen LogP contribution in [0.1, 0.15) is 64.7 Å². The normalized spacial score (nSPS) is 15.4. The van der Waals surface area contributed by atoms with Crippen molar-refractivity contribution in [1.82, 2.24) is 0 Å². The van der Waals surface area contributed by atoms with Crippen LogP contribution in [0, 0.1) is 12.0 Å². The van der Waals surface area contributed by atoms with Crippen molar-refractivity contribution < 1.29 is 18.3 Å². The van der Waals surface area contributed by atoms with Crippen LogP contribution in [0.3, 0.4) is 0 Å². The van der Waals surface area contributed by atoms with E-state index in [1.807, 2.05) is 42.7 Å². The predicted molar refractivity (Wildman–Crippen MR) is 134 cm³/mol. The molecule has 1 aliphatic heterocycles. The molecule has 0 spiro atoms. The molecular weight excluding hydrogens is 514 g/mol. The number of para-hydroxylation sites is 2. The molecular formula is C26H36Cl2NORu-. The topological polar surface area (TPSA) is 12.5 Å². The molecule has 174 valence electrons. The minimum atomic E-state index is -1.77. The van der Waals surface area contributed by atoms with E-state index in [-0.39, 0.29) is 6.10 Å². The summed E-state index contributed by atoms with van der Waals surface area (Å²) in [5.41, 5.74) is 5.79. The van der Waals surface area contributed by atoms with Crippen molar-refractivity contribution in [3.8, 4) is 5.75 Å². The largest absolute Gasteiger partial charge is 0.522 e. The summed E-state index contributed by atoms with van der Waals surface area (Å²) < 4.78 is 7.51. The Morgan fingerprint density at radius 1 is 1.06 bits per heavy atom. The molecule has 2 aromatic carbocycles. The predicted octanol–water partition coefficient (Wildman–Crippen LogP) is 7.76. The van der Waals surface area contributed by atoms with Gasteiger partial charge in [0.1, 0.15) is 0 Å². The third-order valence-corrected chi connectivity index (χ3v) is 7.06. The van der Waals surface area contributed by atoms with Gasteiger partial charge in [0.15, 0.2) is 0 Å². The average molecular weight is 551 g/mol. The van der Waals surface area contributed by atoms with Crippen LogP contribution in [0.25, 0.3) is 0 Å². The second-order valence-corrected chi connectivity index (χ2v) is 14.4. The van der Waals surface area contributed by atoms with Crippen molar-refractivity contribution in [2.24, 2.45) is 5.41 Å². The van der Waals surface area contributed by atoms with Crippen LogP contribution in [-0.4, -0.2) is 17.3 Å². The average Bonchev–Trinajstić information content (AvgIpc) is 3.08. The summed E-state index contributed by atoms with van der Waals surface area (Å²) in [4.78, 5) is 2.48. The van der Waals surface area contributed by atoms with Crippen LogP contribution in [0.5, 0.6) is 5.75 Å². The first-order chi connectivity index (χ1) is 14.7. The number of hydrogen-bond acceptors (Lipinski definition) is 2. The third-order valence-electron chi connectivity index (χ3n) is 5.22. The number of ether oxygens (including phenoxy) is 1. The Kier molecular flexibility index (Phi) is 10.5. The first kappa shape index (κ1) is 26.4. The summed E-state index contributed by atoms with van der Waals surface area (Å²) in [7, 11) is 11.6. The van der Waals surface area contributed by atoms with Crippen molar-refractivity contribution in [1.29, 1.82) is 0 Å². The van der Waals surface area contributed by atoms with Gasteiger partial charge in [-0.25, -0.2) is 6.54 Å². The summed E-state index contributed by atoms with van der Waals surface area (Å²) in [5.74, 6) is 0.850. The maximum Gasteiger partial charge on any atom is 0.0136 e. The van der Waals surface area contributed by atoms with Crippen LogP contribution in [0.2, 0.25) is 0 Å². The Morgan fingerprint density at radius 2 is 1.68 bits per heavy atom. The van der Waals surface area contributed by atoms with Crippen LogP contribution >= 0.6 is 19.4 Å². The maximum atomic E-state index is 5.82. The number of rotatable bonds is 6. The van der Waals surface area contributed by atoms with Gasteiger partial charge in [-0.05, 0) is 30.5 Å². The second-order valence-electron chi connectivity index (χ2n) is 8.70. The van der Waals surface area contributed by atoms with E-state index in [0.29, 0.717) is 5.41 Å². The molecule has 2 nitrogen and oxygen atoms in total. The molecule has 0 unspecified atom stereocenters. The molecule has 1 fully saturated rings. The maximum absolute atomic E-state index is 5.82. The van der Waals surface area contributed by atoms with Crippen molar-refractivity contribution in [3.63, 3.8) is 0 Å². The number of nitrogens with zero attached hydrogens (tertiary/aromatic N) is 1. The Labute approximate surface area is 202 Å². The number of benzene rings is 2. The second kappa shape index (κ2) is 12.4. The molecule has 31 heavy (non-hydrogen) atoms. The molecule has 1 aliphatic rings. The van der Waals surface area contributed by atoms with Crippen LogP contribution in [-0.2, 0) is 26.4 Å². The third kappa shape index (κ3) is 8.19. The zero-order valence-electron chi connectivity index (χ0n) is 19.6. The first-order valence-electron chi connectivity index (χ1n) is 11.0. The van der Waals surface area contributed by atoms with Gasteiger partial charge in [0.25, 0.3) is 0 Å². The quantitative estimate of drug-likeness (QED) is 0.269. The van der Waals surface area contributed by atoms with Gasteiger partial charge in [0.05, 0.1) is 0 Å². The van der Waals surface area contributed by atoms with Gasteiger partial charge in [-0.3, -0.25) is 0 Å². The van der Waals surface area contributed by atoms with Crippen molar-refractivity contribution in [2.75, 3.05) is 11.4 Å². The Bertz CT molecular complexity index is 853. The van der Waals surface area contributed by atoms with Crippen molar-refractivity contribution in [3.05, 3.63) is 65.7 Å². The van der Waals surface area contributed by atoms with Crippen molar-refractivity contribution >= 4 is 29.7 Å². The van der Waals surface area contributed by atoms with E-state index in [9.17, 15) is 0 Å². The van der Waals surface area contributed by atoms with E-state index < -0.39 is 13.5 Å². The van der Waals surface area contributed by atoms with Gasteiger partial charge in [-0.1, -0.05) is 52.3 Å². The molecule has 5 heteroatoms. The number of halogens is 2. The molecule has 2 aromatic rings. The minimum Gasteiger partial charge on any atom is -0.522 e. The molecule has 3 rings (SSSR count). The Balaban J connectivity index is 0.000000225. The van der Waals surface area contributed by atoms with Crippen molar-refractivity contribution in [2.45, 2.75) is 66.9 Å². The fourth-order valence-corrected chi connectivity index (χ4v) is 5.54. The van der Waals surface area contributed by atoms with Gasteiger partial charge in [0.2, 0.25) is 0 Å². The summed E-state index contributed by atoms with van der Waals surface area (Å²) >= 11 is -1.77. The van der Waals surface area contributed by atoms with E-state index in [2.05, 4.69) is 57.3 Å². The van der Waals surface area contributed by atoms with Crippen LogP contribution in [0.15, 0.2) is 42.5 Å². The van der Waals surface area contributed by atoms with Gasteiger partial charge in [-0.15, -0.1) is 5.41 Å². The number of anilines is 1. The summed E-state index contributed by atoms with van der Waals surface area (Å²) in [6.07, 6.45) is 3.66. The molecule has 1 heterocycles. The molecule has 0 aliphatic carbocycles. The monoisotopic (exact) mass is 550 g/mol. The SMILES string of the molecule is CC(C)Oc1ccccc1[CH]=[Ru]([Cl])[Cl].CCc1cccc(CC)c1N1[CH-]C(C)(C)CC1. The summed E-state index contributed by atoms with van der Waals surface area (Å²) in [5, 5.41) is 0. The number of aryl methyl sites for hydroxylation is 2. The zero-order valence-corrected chi connectivity index (χ0v) is 22.8. The zero-order chi connectivity index (χ0) is 23.0. The van der Waals surface area contributed by atoms with Gasteiger partial charge in [-0.2, -0.15) is 0 Å². The van der Waals surface area contributed by atoms with E-state index >= 15 is 0 Å². The van der Waals surface area contributed by atoms with E-state index in [1.165, 1.54) is 23.2 Å². The summed E-state index contributed by atoms with van der Waals surface area (Å²) in [6.45, 7) is 16.7. The number of hydrogen-bond donors (Lipinski definition) is 0. The van der Waals surface area contributed by atoms with E-state index in [1.54, 1.807) is 0 Å². The molecule has 0 aromatic heterocycles. The molecule has 0 bridgehead atoms. The van der Waals surface area contributed by atoms with Gasteiger partial charge >= 0.3 is 97.8 Å². The van der Waals surface area contributed by atoms with Gasteiger partial charge in [0, 0.05) is 5.69 Å². The van der Waals surface area contributed by atoms with E-state index in [4.69, 9.17) is 24.1 Å². The molecule has 1 saturated heterocycles. The Hall–Kier alpha value is -0.887. The molecule has 0 atom stereocenters. The smallest absolute Gasteiger partial charge is 0.0136 e. The molecule has 0 radical (unpaired) electrons. The summed E-state index contributed by atoms with van der Waals surface area (Å²) in [6, 6.07) is 14.5. The first-order valence-corrected chi connectivity index (χ1v) is 16.5. The van der Waals surface area contributed by atoms with E-state index in [0.717, 1.165) is 30.7 Å². The fraction of sp³-hybridized carbons (Fsp3) is 0.462.